The zero-order chi connectivity index (χ0) is 17.0. The zero-order valence-corrected chi connectivity index (χ0v) is 12.1. The van der Waals surface area contributed by atoms with Crippen LogP contribution in [0.5, 0.6) is 0 Å². The second-order valence-corrected chi connectivity index (χ2v) is 4.72. The Labute approximate surface area is 130 Å². The van der Waals surface area contributed by atoms with E-state index in [4.69, 9.17) is 4.74 Å². The van der Waals surface area contributed by atoms with Gasteiger partial charge in [0.1, 0.15) is 5.82 Å². The molecule has 7 heteroatoms. The molecule has 2 aromatic carbocycles. The van der Waals surface area contributed by atoms with Crippen molar-refractivity contribution in [2.24, 2.45) is 0 Å². The Morgan fingerprint density at radius 3 is 2.57 bits per heavy atom. The summed E-state index contributed by atoms with van der Waals surface area (Å²) < 4.78 is 17.9. The molecule has 0 heterocycles. The third-order valence-electron chi connectivity index (χ3n) is 3.20. The van der Waals surface area contributed by atoms with Gasteiger partial charge in [-0.15, -0.1) is 0 Å². The van der Waals surface area contributed by atoms with Gasteiger partial charge in [-0.1, -0.05) is 18.2 Å². The molecule has 0 spiro atoms. The highest BCUT2D eigenvalue weighted by Gasteiger charge is 2.20. The monoisotopic (exact) mass is 317 g/mol. The van der Waals surface area contributed by atoms with Crippen molar-refractivity contribution in [2.45, 2.75) is 6.92 Å². The van der Waals surface area contributed by atoms with Crippen molar-refractivity contribution in [3.8, 4) is 0 Å². The topological polar surface area (TPSA) is 86.5 Å². The average molecular weight is 317 g/mol. The molecule has 0 N–H and O–H groups in total. The van der Waals surface area contributed by atoms with Gasteiger partial charge in [-0.3, -0.25) is 14.9 Å². The molecule has 0 saturated heterocycles. The van der Waals surface area contributed by atoms with Crippen molar-refractivity contribution >= 4 is 17.4 Å². The Kier molecular flexibility index (Phi) is 4.80. The van der Waals surface area contributed by atoms with Crippen LogP contribution in [0.15, 0.2) is 42.5 Å². The number of carbonyl (C=O) groups is 2. The summed E-state index contributed by atoms with van der Waals surface area (Å²) in [5, 5.41) is 10.8. The van der Waals surface area contributed by atoms with Gasteiger partial charge in [0, 0.05) is 17.2 Å². The van der Waals surface area contributed by atoms with Gasteiger partial charge >= 0.3 is 5.97 Å². The van der Waals surface area contributed by atoms with E-state index >= 15 is 0 Å². The van der Waals surface area contributed by atoms with Gasteiger partial charge in [-0.25, -0.2) is 9.18 Å². The number of hydrogen-bond donors (Lipinski definition) is 0. The van der Waals surface area contributed by atoms with Crippen LogP contribution in [0.2, 0.25) is 0 Å². The predicted octanol–water partition coefficient (Wildman–Crippen LogP) is 3.08. The van der Waals surface area contributed by atoms with Crippen LogP contribution in [-0.4, -0.2) is 23.3 Å². The summed E-state index contributed by atoms with van der Waals surface area (Å²) in [7, 11) is 0. The minimum atomic E-state index is -0.851. The number of carbonyl (C=O) groups excluding carboxylic acids is 2. The maximum atomic E-state index is 13.0. The zero-order valence-electron chi connectivity index (χ0n) is 12.1. The molecule has 0 atom stereocenters. The molecule has 0 radical (unpaired) electrons. The quantitative estimate of drug-likeness (QED) is 0.366. The van der Waals surface area contributed by atoms with E-state index in [-0.39, 0.29) is 22.4 Å². The molecule has 0 amide bonds. The number of nitro groups is 1. The maximum Gasteiger partial charge on any atom is 0.339 e. The van der Waals surface area contributed by atoms with Gasteiger partial charge in [0.25, 0.3) is 5.69 Å². The van der Waals surface area contributed by atoms with Crippen LogP contribution in [0.25, 0.3) is 0 Å². The molecule has 6 nitrogen and oxygen atoms in total. The summed E-state index contributed by atoms with van der Waals surface area (Å²) in [5.74, 6) is -1.99. The number of ketones is 1. The molecule has 0 aromatic heterocycles. The van der Waals surface area contributed by atoms with Crippen LogP contribution < -0.4 is 0 Å². The fraction of sp³-hybridized carbons (Fsp3) is 0.125. The number of ether oxygens (including phenoxy) is 1. The van der Waals surface area contributed by atoms with Gasteiger partial charge in [-0.2, -0.15) is 0 Å². The Hall–Kier alpha value is -3.09. The minimum Gasteiger partial charge on any atom is -0.454 e. The Bertz CT molecular complexity index is 788. The molecule has 0 unspecified atom stereocenters. The Morgan fingerprint density at radius 1 is 1.22 bits per heavy atom. The molecule has 2 aromatic rings. The lowest BCUT2D eigenvalue weighted by Crippen LogP contribution is -2.15. The van der Waals surface area contributed by atoms with Crippen molar-refractivity contribution in [1.29, 1.82) is 0 Å². The van der Waals surface area contributed by atoms with E-state index in [9.17, 15) is 24.1 Å². The standard InChI is InChI=1S/C16H12FNO5/c1-10-13(6-3-7-14(10)18(21)22)16(20)23-9-15(19)11-4-2-5-12(17)8-11/h2-8H,9H2,1H3. The lowest BCUT2D eigenvalue weighted by atomic mass is 10.1. The number of halogens is 1. The fourth-order valence-corrected chi connectivity index (χ4v) is 2.00. The highest BCUT2D eigenvalue weighted by molar-refractivity contribution is 5.99. The van der Waals surface area contributed by atoms with Gasteiger partial charge in [0.2, 0.25) is 0 Å². The molecule has 0 aliphatic heterocycles. The van der Waals surface area contributed by atoms with Crippen LogP contribution in [0, 0.1) is 22.9 Å². The van der Waals surface area contributed by atoms with Gasteiger partial charge in [0.05, 0.1) is 10.5 Å². The first-order valence-electron chi connectivity index (χ1n) is 6.60. The van der Waals surface area contributed by atoms with E-state index in [0.29, 0.717) is 0 Å². The van der Waals surface area contributed by atoms with Crippen LogP contribution in [0.4, 0.5) is 10.1 Å². The van der Waals surface area contributed by atoms with Crippen LogP contribution in [0.1, 0.15) is 26.3 Å². The van der Waals surface area contributed by atoms with Gasteiger partial charge in [-0.05, 0) is 25.1 Å². The first-order valence-corrected chi connectivity index (χ1v) is 6.60. The molecule has 2 rings (SSSR count). The van der Waals surface area contributed by atoms with Gasteiger partial charge in [0.15, 0.2) is 12.4 Å². The van der Waals surface area contributed by atoms with E-state index in [0.717, 1.165) is 6.07 Å². The minimum absolute atomic E-state index is 0.00578. The normalized spacial score (nSPS) is 10.2. The molecule has 0 saturated carbocycles. The smallest absolute Gasteiger partial charge is 0.339 e. The molecule has 0 aliphatic carbocycles. The molecule has 118 valence electrons. The summed E-state index contributed by atoms with van der Waals surface area (Å²) in [6.45, 7) is 0.841. The number of Topliss-reactive ketones (excluding diaryl/α,β-unsaturated/α-hetero) is 1. The highest BCUT2D eigenvalue weighted by atomic mass is 19.1. The molecule has 23 heavy (non-hydrogen) atoms. The van der Waals surface area contributed by atoms with Crippen molar-refractivity contribution in [2.75, 3.05) is 6.61 Å². The number of rotatable bonds is 5. The van der Waals surface area contributed by atoms with E-state index in [1.54, 1.807) is 0 Å². The summed E-state index contributed by atoms with van der Waals surface area (Å²) in [4.78, 5) is 34.0. The molecule has 0 fully saturated rings. The largest absolute Gasteiger partial charge is 0.454 e. The summed E-state index contributed by atoms with van der Waals surface area (Å²) >= 11 is 0. The third kappa shape index (κ3) is 3.76. The number of benzene rings is 2. The molecule has 0 bridgehead atoms. The Balaban J connectivity index is 2.10. The lowest BCUT2D eigenvalue weighted by Gasteiger charge is -2.07. The second-order valence-electron chi connectivity index (χ2n) is 4.72. The van der Waals surface area contributed by atoms with E-state index < -0.39 is 29.1 Å². The van der Waals surface area contributed by atoms with E-state index in [1.165, 1.54) is 43.3 Å². The molecular weight excluding hydrogens is 305 g/mol. The van der Waals surface area contributed by atoms with Crippen LogP contribution in [-0.2, 0) is 4.74 Å². The maximum absolute atomic E-state index is 13.0. The van der Waals surface area contributed by atoms with Gasteiger partial charge < -0.3 is 4.74 Å². The first-order chi connectivity index (χ1) is 10.9. The summed E-state index contributed by atoms with van der Waals surface area (Å²) in [6.07, 6.45) is 0. The van der Waals surface area contributed by atoms with Crippen molar-refractivity contribution in [3.05, 3.63) is 75.1 Å². The predicted molar refractivity (Wildman–Crippen MR) is 78.8 cm³/mol. The van der Waals surface area contributed by atoms with Crippen molar-refractivity contribution in [3.63, 3.8) is 0 Å². The third-order valence-corrected chi connectivity index (χ3v) is 3.20. The van der Waals surface area contributed by atoms with E-state index in [1.807, 2.05) is 0 Å². The van der Waals surface area contributed by atoms with Crippen LogP contribution in [0.3, 0.4) is 0 Å². The Morgan fingerprint density at radius 2 is 1.91 bits per heavy atom. The first kappa shape index (κ1) is 16.3. The lowest BCUT2D eigenvalue weighted by molar-refractivity contribution is -0.385. The number of nitro benzene ring substituents is 1. The van der Waals surface area contributed by atoms with Crippen molar-refractivity contribution in [1.82, 2.24) is 0 Å². The number of hydrogen-bond acceptors (Lipinski definition) is 5. The summed E-state index contributed by atoms with van der Waals surface area (Å²) in [5.41, 5.74) is 0.0245. The fourth-order valence-electron chi connectivity index (χ4n) is 2.00. The van der Waals surface area contributed by atoms with E-state index in [2.05, 4.69) is 0 Å². The second kappa shape index (κ2) is 6.78. The van der Waals surface area contributed by atoms with Crippen molar-refractivity contribution < 1.29 is 23.6 Å². The number of esters is 1. The number of nitrogens with zero attached hydrogens (tertiary/aromatic N) is 1. The highest BCUT2D eigenvalue weighted by Crippen LogP contribution is 2.21. The molecular formula is C16H12FNO5. The SMILES string of the molecule is Cc1c(C(=O)OCC(=O)c2cccc(F)c2)cccc1[N+](=O)[O-]. The summed E-state index contributed by atoms with van der Waals surface area (Å²) in [6, 6.07) is 8.99. The molecule has 0 aliphatic rings. The van der Waals surface area contributed by atoms with Crippen LogP contribution >= 0.6 is 0 Å². The average Bonchev–Trinajstić information content (AvgIpc) is 2.52.